The minimum Gasteiger partial charge on any atom is -0.484 e. The number of Topliss-reactive ketones (excluding diaryl/α,β-unsaturated/α-hetero) is 1. The zero-order valence-corrected chi connectivity index (χ0v) is 11.8. The van der Waals surface area contributed by atoms with E-state index >= 15 is 0 Å². The van der Waals surface area contributed by atoms with E-state index in [1.165, 1.54) is 0 Å². The first-order valence-corrected chi connectivity index (χ1v) is 6.50. The van der Waals surface area contributed by atoms with Gasteiger partial charge in [0, 0.05) is 5.56 Å². The standard InChI is InChI=1S/C15H12Cl2O2/c1-10-6-7-15(13(17)8-10)19-9-14(18)11-4-2-3-5-12(11)16/h2-8H,9H2,1H3. The highest BCUT2D eigenvalue weighted by molar-refractivity contribution is 6.34. The lowest BCUT2D eigenvalue weighted by molar-refractivity contribution is 0.0922. The van der Waals surface area contributed by atoms with Crippen molar-refractivity contribution in [2.75, 3.05) is 6.61 Å². The van der Waals surface area contributed by atoms with Crippen LogP contribution in [0.2, 0.25) is 10.0 Å². The largest absolute Gasteiger partial charge is 0.484 e. The molecule has 0 heterocycles. The van der Waals surface area contributed by atoms with Gasteiger partial charge in [0.15, 0.2) is 6.61 Å². The fourth-order valence-corrected chi connectivity index (χ4v) is 2.16. The topological polar surface area (TPSA) is 26.3 Å². The monoisotopic (exact) mass is 294 g/mol. The van der Waals surface area contributed by atoms with Gasteiger partial charge in [0.1, 0.15) is 5.75 Å². The molecular weight excluding hydrogens is 283 g/mol. The average molecular weight is 295 g/mol. The van der Waals surface area contributed by atoms with Crippen LogP contribution < -0.4 is 4.74 Å². The van der Waals surface area contributed by atoms with Gasteiger partial charge >= 0.3 is 0 Å². The smallest absolute Gasteiger partial charge is 0.201 e. The van der Waals surface area contributed by atoms with Crippen molar-refractivity contribution in [2.45, 2.75) is 6.92 Å². The van der Waals surface area contributed by atoms with Gasteiger partial charge < -0.3 is 4.74 Å². The van der Waals surface area contributed by atoms with Gasteiger partial charge in [-0.1, -0.05) is 41.4 Å². The molecule has 0 amide bonds. The number of carbonyl (C=O) groups is 1. The Kier molecular flexibility index (Phi) is 4.46. The molecule has 0 unspecified atom stereocenters. The molecule has 0 bridgehead atoms. The van der Waals surface area contributed by atoms with Gasteiger partial charge in [-0.15, -0.1) is 0 Å². The zero-order chi connectivity index (χ0) is 13.8. The second kappa shape index (κ2) is 6.09. The lowest BCUT2D eigenvalue weighted by Crippen LogP contribution is -2.12. The molecule has 0 aliphatic carbocycles. The Morgan fingerprint density at radius 1 is 1.11 bits per heavy atom. The van der Waals surface area contributed by atoms with Crippen molar-refractivity contribution >= 4 is 29.0 Å². The van der Waals surface area contributed by atoms with Gasteiger partial charge in [0.05, 0.1) is 10.0 Å². The molecule has 0 atom stereocenters. The maximum absolute atomic E-state index is 12.0. The van der Waals surface area contributed by atoms with Crippen LogP contribution in [0.3, 0.4) is 0 Å². The van der Waals surface area contributed by atoms with E-state index in [4.69, 9.17) is 27.9 Å². The minimum atomic E-state index is -0.178. The van der Waals surface area contributed by atoms with Gasteiger partial charge in [-0.3, -0.25) is 4.79 Å². The number of aryl methyl sites for hydroxylation is 1. The van der Waals surface area contributed by atoms with Crippen molar-refractivity contribution in [1.82, 2.24) is 0 Å². The number of ketones is 1. The Morgan fingerprint density at radius 3 is 2.53 bits per heavy atom. The van der Waals surface area contributed by atoms with E-state index < -0.39 is 0 Å². The van der Waals surface area contributed by atoms with Crippen molar-refractivity contribution in [1.29, 1.82) is 0 Å². The van der Waals surface area contributed by atoms with Gasteiger partial charge in [-0.25, -0.2) is 0 Å². The Labute approximate surface area is 121 Å². The van der Waals surface area contributed by atoms with Gasteiger partial charge in [0.25, 0.3) is 0 Å². The van der Waals surface area contributed by atoms with E-state index in [9.17, 15) is 4.79 Å². The molecule has 4 heteroatoms. The third-order valence-corrected chi connectivity index (χ3v) is 3.25. The summed E-state index contributed by atoms with van der Waals surface area (Å²) in [5.74, 6) is 0.315. The summed E-state index contributed by atoms with van der Waals surface area (Å²) < 4.78 is 5.42. The van der Waals surface area contributed by atoms with Crippen molar-refractivity contribution in [3.63, 3.8) is 0 Å². The molecule has 0 spiro atoms. The predicted molar refractivity (Wildman–Crippen MR) is 77.5 cm³/mol. The quantitative estimate of drug-likeness (QED) is 0.773. The normalized spacial score (nSPS) is 10.3. The fourth-order valence-electron chi connectivity index (χ4n) is 1.63. The Bertz CT molecular complexity index is 609. The van der Waals surface area contributed by atoms with Crippen LogP contribution in [0.1, 0.15) is 15.9 Å². The van der Waals surface area contributed by atoms with E-state index in [1.807, 2.05) is 13.0 Å². The van der Waals surface area contributed by atoms with Crippen LogP contribution in [0.4, 0.5) is 0 Å². The highest BCUT2D eigenvalue weighted by Crippen LogP contribution is 2.25. The molecule has 2 aromatic rings. The molecule has 2 nitrogen and oxygen atoms in total. The fraction of sp³-hybridized carbons (Fsp3) is 0.133. The summed E-state index contributed by atoms with van der Waals surface area (Å²) in [5.41, 5.74) is 1.49. The lowest BCUT2D eigenvalue weighted by atomic mass is 10.1. The molecule has 0 radical (unpaired) electrons. The van der Waals surface area contributed by atoms with Gasteiger partial charge in [-0.05, 0) is 36.8 Å². The molecule has 0 saturated carbocycles. The average Bonchev–Trinajstić information content (AvgIpc) is 2.38. The molecule has 0 aliphatic rings. The second-order valence-electron chi connectivity index (χ2n) is 4.13. The third-order valence-electron chi connectivity index (χ3n) is 2.62. The predicted octanol–water partition coefficient (Wildman–Crippen LogP) is 4.56. The summed E-state index contributed by atoms with van der Waals surface area (Å²) in [4.78, 5) is 12.0. The first kappa shape index (κ1) is 13.9. The van der Waals surface area contributed by atoms with Crippen molar-refractivity contribution < 1.29 is 9.53 Å². The second-order valence-corrected chi connectivity index (χ2v) is 4.94. The Hall–Kier alpha value is -1.51. The number of benzene rings is 2. The molecule has 0 aliphatic heterocycles. The zero-order valence-electron chi connectivity index (χ0n) is 10.3. The number of rotatable bonds is 4. The minimum absolute atomic E-state index is 0.0908. The lowest BCUT2D eigenvalue weighted by Gasteiger charge is -2.08. The summed E-state index contributed by atoms with van der Waals surface area (Å²) in [6, 6.07) is 12.3. The van der Waals surface area contributed by atoms with E-state index in [0.717, 1.165) is 5.56 Å². The Balaban J connectivity index is 2.07. The number of carbonyl (C=O) groups excluding carboxylic acids is 1. The summed E-state index contributed by atoms with van der Waals surface area (Å²) in [6.07, 6.45) is 0. The van der Waals surface area contributed by atoms with Crippen LogP contribution in [0.15, 0.2) is 42.5 Å². The molecule has 0 saturated heterocycles. The number of hydrogen-bond acceptors (Lipinski definition) is 2. The van der Waals surface area contributed by atoms with Crippen molar-refractivity contribution in [3.05, 3.63) is 63.6 Å². The van der Waals surface area contributed by atoms with Crippen LogP contribution in [0.5, 0.6) is 5.75 Å². The molecule has 0 N–H and O–H groups in total. The first-order valence-electron chi connectivity index (χ1n) is 5.74. The highest BCUT2D eigenvalue weighted by atomic mass is 35.5. The number of hydrogen-bond donors (Lipinski definition) is 0. The molecule has 2 rings (SSSR count). The van der Waals surface area contributed by atoms with Crippen LogP contribution in [-0.4, -0.2) is 12.4 Å². The third kappa shape index (κ3) is 3.49. The van der Waals surface area contributed by atoms with Crippen molar-refractivity contribution in [2.24, 2.45) is 0 Å². The Morgan fingerprint density at radius 2 is 1.84 bits per heavy atom. The summed E-state index contributed by atoms with van der Waals surface area (Å²) in [5, 5.41) is 0.915. The number of halogens is 2. The summed E-state index contributed by atoms with van der Waals surface area (Å²) in [7, 11) is 0. The molecule has 0 aromatic heterocycles. The molecule has 19 heavy (non-hydrogen) atoms. The maximum Gasteiger partial charge on any atom is 0.201 e. The van der Waals surface area contributed by atoms with Crippen LogP contribution in [0.25, 0.3) is 0 Å². The first-order chi connectivity index (χ1) is 9.08. The van der Waals surface area contributed by atoms with Gasteiger partial charge in [-0.2, -0.15) is 0 Å². The highest BCUT2D eigenvalue weighted by Gasteiger charge is 2.11. The maximum atomic E-state index is 12.0. The van der Waals surface area contributed by atoms with Crippen LogP contribution in [-0.2, 0) is 0 Å². The van der Waals surface area contributed by atoms with E-state index in [0.29, 0.717) is 21.4 Å². The van der Waals surface area contributed by atoms with E-state index in [-0.39, 0.29) is 12.4 Å². The molecule has 2 aromatic carbocycles. The van der Waals surface area contributed by atoms with E-state index in [2.05, 4.69) is 0 Å². The molecule has 98 valence electrons. The van der Waals surface area contributed by atoms with Crippen LogP contribution >= 0.6 is 23.2 Å². The summed E-state index contributed by atoms with van der Waals surface area (Å²) in [6.45, 7) is 1.84. The van der Waals surface area contributed by atoms with E-state index in [1.54, 1.807) is 36.4 Å². The van der Waals surface area contributed by atoms with Gasteiger partial charge in [0.2, 0.25) is 5.78 Å². The SMILES string of the molecule is Cc1ccc(OCC(=O)c2ccccc2Cl)c(Cl)c1. The molecule has 0 fully saturated rings. The molecular formula is C15H12Cl2O2. The summed E-state index contributed by atoms with van der Waals surface area (Å²) >= 11 is 12.0. The van der Waals surface area contributed by atoms with Crippen molar-refractivity contribution in [3.8, 4) is 5.75 Å². The number of ether oxygens (including phenoxy) is 1. The van der Waals surface area contributed by atoms with Crippen LogP contribution in [0, 0.1) is 6.92 Å².